The molecule has 0 aliphatic carbocycles. The fourth-order valence-electron chi connectivity index (χ4n) is 1.55. The Morgan fingerprint density at radius 1 is 1.30 bits per heavy atom. The normalized spacial score (nSPS) is 10.3. The first kappa shape index (κ1) is 14.9. The molecule has 106 valence electrons. The molecule has 0 saturated heterocycles. The highest BCUT2D eigenvalue weighted by Crippen LogP contribution is 2.16. The summed E-state index contributed by atoms with van der Waals surface area (Å²) in [7, 11) is 1.68. The van der Waals surface area contributed by atoms with Gasteiger partial charge in [-0.1, -0.05) is 15.9 Å². The second-order valence-corrected chi connectivity index (χ2v) is 5.42. The maximum Gasteiger partial charge on any atom is 0.289 e. The Labute approximate surface area is 130 Å². The van der Waals surface area contributed by atoms with Gasteiger partial charge in [0.1, 0.15) is 12.4 Å². The molecule has 2 aromatic rings. The van der Waals surface area contributed by atoms with Gasteiger partial charge < -0.3 is 14.1 Å². The third-order valence-corrected chi connectivity index (χ3v) is 3.37. The lowest BCUT2D eigenvalue weighted by Crippen LogP contribution is -2.30. The van der Waals surface area contributed by atoms with Gasteiger partial charge in [-0.25, -0.2) is 0 Å². The van der Waals surface area contributed by atoms with E-state index in [1.807, 2.05) is 24.3 Å². The standard InChI is InChI=1S/C14H13BrClNO3/c1-17(14(18)12-6-7-13(16)20-12)8-9-19-11-4-2-10(15)3-5-11/h2-7H,8-9H2,1H3. The lowest BCUT2D eigenvalue weighted by Gasteiger charge is -2.16. The molecule has 1 amide bonds. The number of ether oxygens (including phenoxy) is 1. The van der Waals surface area contributed by atoms with Crippen molar-refractivity contribution in [1.82, 2.24) is 4.90 Å². The molecular weight excluding hydrogens is 346 g/mol. The van der Waals surface area contributed by atoms with Crippen LogP contribution in [0.2, 0.25) is 5.22 Å². The van der Waals surface area contributed by atoms with Crippen LogP contribution in [0.3, 0.4) is 0 Å². The average Bonchev–Trinajstić information content (AvgIpc) is 2.86. The summed E-state index contributed by atoms with van der Waals surface area (Å²) in [5.41, 5.74) is 0. The molecule has 0 saturated carbocycles. The van der Waals surface area contributed by atoms with E-state index in [1.54, 1.807) is 19.2 Å². The smallest absolute Gasteiger partial charge is 0.289 e. The molecule has 4 nitrogen and oxygen atoms in total. The largest absolute Gasteiger partial charge is 0.492 e. The third-order valence-electron chi connectivity index (χ3n) is 2.64. The molecule has 0 radical (unpaired) electrons. The van der Waals surface area contributed by atoms with Crippen molar-refractivity contribution < 1.29 is 13.9 Å². The van der Waals surface area contributed by atoms with Crippen molar-refractivity contribution in [3.63, 3.8) is 0 Å². The van der Waals surface area contributed by atoms with Gasteiger partial charge in [-0.3, -0.25) is 4.79 Å². The molecule has 0 unspecified atom stereocenters. The summed E-state index contributed by atoms with van der Waals surface area (Å²) in [6.07, 6.45) is 0. The monoisotopic (exact) mass is 357 g/mol. The molecule has 0 aliphatic heterocycles. The lowest BCUT2D eigenvalue weighted by molar-refractivity contribution is 0.0742. The minimum atomic E-state index is -0.226. The number of rotatable bonds is 5. The summed E-state index contributed by atoms with van der Waals surface area (Å²) in [5, 5.41) is 0.202. The minimum absolute atomic E-state index is 0.202. The maximum absolute atomic E-state index is 12.0. The highest BCUT2D eigenvalue weighted by atomic mass is 79.9. The van der Waals surface area contributed by atoms with E-state index >= 15 is 0 Å². The Bertz CT molecular complexity index is 582. The van der Waals surface area contributed by atoms with Crippen LogP contribution >= 0.6 is 27.5 Å². The molecule has 2 rings (SSSR count). The number of hydrogen-bond donors (Lipinski definition) is 0. The van der Waals surface area contributed by atoms with Crippen molar-refractivity contribution >= 4 is 33.4 Å². The highest BCUT2D eigenvalue weighted by Gasteiger charge is 2.15. The molecule has 0 bridgehead atoms. The molecule has 0 atom stereocenters. The van der Waals surface area contributed by atoms with Gasteiger partial charge in [0, 0.05) is 11.5 Å². The first-order valence-electron chi connectivity index (χ1n) is 5.95. The first-order valence-corrected chi connectivity index (χ1v) is 7.12. The Hall–Kier alpha value is -1.46. The van der Waals surface area contributed by atoms with Crippen LogP contribution in [-0.2, 0) is 0 Å². The number of hydrogen-bond acceptors (Lipinski definition) is 3. The Morgan fingerprint density at radius 3 is 2.60 bits per heavy atom. The molecular formula is C14H13BrClNO3. The van der Waals surface area contributed by atoms with Crippen molar-refractivity contribution in [2.24, 2.45) is 0 Å². The first-order chi connectivity index (χ1) is 9.56. The Morgan fingerprint density at radius 2 is 2.00 bits per heavy atom. The van der Waals surface area contributed by atoms with Crippen LogP contribution in [0.15, 0.2) is 45.3 Å². The number of amides is 1. The molecule has 0 aliphatic rings. The number of carbonyl (C=O) groups excluding carboxylic acids is 1. The van der Waals surface area contributed by atoms with Crippen molar-refractivity contribution in [3.05, 3.63) is 51.9 Å². The fraction of sp³-hybridized carbons (Fsp3) is 0.214. The number of benzene rings is 1. The zero-order chi connectivity index (χ0) is 14.5. The highest BCUT2D eigenvalue weighted by molar-refractivity contribution is 9.10. The number of furan rings is 1. The van der Waals surface area contributed by atoms with Gasteiger partial charge in [-0.05, 0) is 48.0 Å². The zero-order valence-electron chi connectivity index (χ0n) is 10.8. The van der Waals surface area contributed by atoms with Gasteiger partial charge in [0.25, 0.3) is 5.91 Å². The molecule has 0 spiro atoms. The number of carbonyl (C=O) groups is 1. The molecule has 0 N–H and O–H groups in total. The quantitative estimate of drug-likeness (QED) is 0.815. The van der Waals surface area contributed by atoms with E-state index in [9.17, 15) is 4.79 Å². The van der Waals surface area contributed by atoms with E-state index in [0.717, 1.165) is 10.2 Å². The summed E-state index contributed by atoms with van der Waals surface area (Å²) < 4.78 is 11.6. The van der Waals surface area contributed by atoms with Crippen molar-refractivity contribution in [1.29, 1.82) is 0 Å². The summed E-state index contributed by atoms with van der Waals surface area (Å²) in [6.45, 7) is 0.853. The topological polar surface area (TPSA) is 42.7 Å². The Kier molecular flexibility index (Phi) is 5.09. The Balaban J connectivity index is 1.81. The summed E-state index contributed by atoms with van der Waals surface area (Å²) >= 11 is 8.99. The summed E-state index contributed by atoms with van der Waals surface area (Å²) in [5.74, 6) is 0.757. The van der Waals surface area contributed by atoms with E-state index in [-0.39, 0.29) is 16.9 Å². The molecule has 6 heteroatoms. The van der Waals surface area contributed by atoms with Gasteiger partial charge in [0.2, 0.25) is 0 Å². The number of likely N-dealkylation sites (N-methyl/N-ethyl adjacent to an activating group) is 1. The number of halogens is 2. The molecule has 1 aromatic carbocycles. The van der Waals surface area contributed by atoms with Crippen LogP contribution in [0.25, 0.3) is 0 Å². The van der Waals surface area contributed by atoms with E-state index in [4.69, 9.17) is 20.8 Å². The fourth-order valence-corrected chi connectivity index (χ4v) is 1.96. The number of nitrogens with zero attached hydrogens (tertiary/aromatic N) is 1. The predicted octanol–water partition coefficient (Wildman–Crippen LogP) is 3.85. The van der Waals surface area contributed by atoms with Crippen LogP contribution < -0.4 is 4.74 Å². The second kappa shape index (κ2) is 6.81. The van der Waals surface area contributed by atoms with Crippen LogP contribution in [-0.4, -0.2) is 31.0 Å². The van der Waals surface area contributed by atoms with Crippen molar-refractivity contribution in [2.45, 2.75) is 0 Å². The summed E-state index contributed by atoms with van der Waals surface area (Å²) in [4.78, 5) is 13.5. The molecule has 20 heavy (non-hydrogen) atoms. The zero-order valence-corrected chi connectivity index (χ0v) is 13.1. The van der Waals surface area contributed by atoms with E-state index in [1.165, 1.54) is 4.90 Å². The van der Waals surface area contributed by atoms with Gasteiger partial charge in [-0.15, -0.1) is 0 Å². The summed E-state index contributed by atoms with van der Waals surface area (Å²) in [6, 6.07) is 10.6. The van der Waals surface area contributed by atoms with Gasteiger partial charge >= 0.3 is 0 Å². The van der Waals surface area contributed by atoms with Crippen LogP contribution in [0.1, 0.15) is 10.6 Å². The molecule has 1 heterocycles. The van der Waals surface area contributed by atoms with Gasteiger partial charge in [-0.2, -0.15) is 0 Å². The minimum Gasteiger partial charge on any atom is -0.492 e. The van der Waals surface area contributed by atoms with E-state index in [0.29, 0.717) is 13.2 Å². The van der Waals surface area contributed by atoms with Crippen molar-refractivity contribution in [2.75, 3.05) is 20.2 Å². The van der Waals surface area contributed by atoms with E-state index < -0.39 is 0 Å². The van der Waals surface area contributed by atoms with E-state index in [2.05, 4.69) is 15.9 Å². The lowest BCUT2D eigenvalue weighted by atomic mass is 10.3. The second-order valence-electron chi connectivity index (χ2n) is 4.13. The van der Waals surface area contributed by atoms with Gasteiger partial charge in [0.15, 0.2) is 11.0 Å². The van der Waals surface area contributed by atoms with Gasteiger partial charge in [0.05, 0.1) is 6.54 Å². The average molecular weight is 359 g/mol. The predicted molar refractivity (Wildman–Crippen MR) is 80.3 cm³/mol. The van der Waals surface area contributed by atoms with Crippen LogP contribution in [0.4, 0.5) is 0 Å². The third kappa shape index (κ3) is 4.02. The van der Waals surface area contributed by atoms with Crippen molar-refractivity contribution in [3.8, 4) is 5.75 Å². The maximum atomic E-state index is 12.0. The SMILES string of the molecule is CN(CCOc1ccc(Br)cc1)C(=O)c1ccc(Cl)o1. The molecule has 1 aromatic heterocycles. The van der Waals surface area contributed by atoms with Crippen LogP contribution in [0, 0.1) is 0 Å². The molecule has 0 fully saturated rings. The van der Waals surface area contributed by atoms with Crippen LogP contribution in [0.5, 0.6) is 5.75 Å².